The number of fused-ring (bicyclic) bond motifs is 1. The smallest absolute Gasteiger partial charge is 0.129 e. The number of nitrogens with one attached hydrogen (secondary N) is 2. The summed E-state index contributed by atoms with van der Waals surface area (Å²) in [4.78, 5) is 11.5. The van der Waals surface area contributed by atoms with Gasteiger partial charge in [-0.05, 0) is 12.1 Å². The van der Waals surface area contributed by atoms with Crippen molar-refractivity contribution in [3.63, 3.8) is 0 Å². The van der Waals surface area contributed by atoms with Gasteiger partial charge in [-0.1, -0.05) is 12.1 Å². The summed E-state index contributed by atoms with van der Waals surface area (Å²) < 4.78 is 0. The number of aromatic amines is 1. The van der Waals surface area contributed by atoms with Crippen LogP contribution in [0.5, 0.6) is 0 Å². The van der Waals surface area contributed by atoms with Crippen molar-refractivity contribution in [3.8, 4) is 0 Å². The molecule has 1 aromatic heterocycles. The Labute approximate surface area is 81.0 Å². The Hall–Kier alpha value is -1.88. The van der Waals surface area contributed by atoms with E-state index in [4.69, 9.17) is 5.84 Å². The molecule has 0 radical (unpaired) electrons. The Bertz CT molecular complexity index is 412. The summed E-state index contributed by atoms with van der Waals surface area (Å²) in [5.74, 6) is 5.87. The molecule has 5 nitrogen and oxygen atoms in total. The lowest BCUT2D eigenvalue weighted by Crippen LogP contribution is -2.19. The minimum atomic E-state index is 0.499. The molecule has 0 atom stereocenters. The third-order valence-corrected chi connectivity index (χ3v) is 1.85. The van der Waals surface area contributed by atoms with Gasteiger partial charge in [-0.3, -0.25) is 4.99 Å². The second-order valence-electron chi connectivity index (χ2n) is 2.84. The molecule has 1 heterocycles. The number of hydrazine groups is 1. The predicted octanol–water partition coefficient (Wildman–Crippen LogP) is 0.554. The number of para-hydroxylation sites is 2. The summed E-state index contributed by atoms with van der Waals surface area (Å²) in [5.41, 5.74) is 4.32. The van der Waals surface area contributed by atoms with Crippen molar-refractivity contribution < 1.29 is 0 Å². The summed E-state index contributed by atoms with van der Waals surface area (Å²) in [5, 5.41) is 0. The van der Waals surface area contributed by atoms with Gasteiger partial charge in [0.15, 0.2) is 0 Å². The molecule has 0 bridgehead atoms. The Morgan fingerprint density at radius 2 is 2.36 bits per heavy atom. The van der Waals surface area contributed by atoms with Crippen LogP contribution in [-0.4, -0.2) is 16.3 Å². The maximum absolute atomic E-state index is 5.04. The molecule has 0 aliphatic rings. The molecule has 0 amide bonds. The highest BCUT2D eigenvalue weighted by molar-refractivity contribution is 5.74. The van der Waals surface area contributed by atoms with Gasteiger partial charge in [0.05, 0.1) is 23.9 Å². The topological polar surface area (TPSA) is 79.1 Å². The van der Waals surface area contributed by atoms with Gasteiger partial charge in [0.1, 0.15) is 5.82 Å². The molecule has 0 saturated heterocycles. The van der Waals surface area contributed by atoms with Gasteiger partial charge in [0.2, 0.25) is 0 Å². The lowest BCUT2D eigenvalue weighted by atomic mass is 10.3. The minimum Gasteiger partial charge on any atom is -0.340 e. The first kappa shape index (κ1) is 8.71. The van der Waals surface area contributed by atoms with Gasteiger partial charge in [-0.25, -0.2) is 10.8 Å². The molecule has 2 rings (SSSR count). The van der Waals surface area contributed by atoms with E-state index >= 15 is 0 Å². The van der Waals surface area contributed by atoms with Crippen LogP contribution in [0.25, 0.3) is 11.0 Å². The summed E-state index contributed by atoms with van der Waals surface area (Å²) in [6.45, 7) is 0.499. The Balaban J connectivity index is 2.23. The molecule has 14 heavy (non-hydrogen) atoms. The van der Waals surface area contributed by atoms with E-state index < -0.39 is 0 Å². The normalized spacial score (nSPS) is 11.2. The minimum absolute atomic E-state index is 0.499. The van der Waals surface area contributed by atoms with E-state index in [-0.39, 0.29) is 0 Å². The highest BCUT2D eigenvalue weighted by Crippen LogP contribution is 2.10. The van der Waals surface area contributed by atoms with E-state index in [9.17, 15) is 0 Å². The second kappa shape index (κ2) is 3.89. The summed E-state index contributed by atoms with van der Waals surface area (Å²) >= 11 is 0. The van der Waals surface area contributed by atoms with Crippen LogP contribution in [0.2, 0.25) is 0 Å². The van der Waals surface area contributed by atoms with E-state index in [0.29, 0.717) is 6.54 Å². The number of nitrogens with two attached hydrogens (primary N) is 1. The van der Waals surface area contributed by atoms with Crippen molar-refractivity contribution >= 4 is 17.4 Å². The largest absolute Gasteiger partial charge is 0.340 e. The fraction of sp³-hybridized carbons (Fsp3) is 0.111. The monoisotopic (exact) mass is 189 g/mol. The molecule has 0 aliphatic heterocycles. The first-order chi connectivity index (χ1) is 6.90. The maximum atomic E-state index is 5.04. The number of rotatable bonds is 3. The zero-order chi connectivity index (χ0) is 9.80. The fourth-order valence-corrected chi connectivity index (χ4v) is 1.27. The Morgan fingerprint density at radius 3 is 3.14 bits per heavy atom. The van der Waals surface area contributed by atoms with Gasteiger partial charge in [0, 0.05) is 0 Å². The van der Waals surface area contributed by atoms with Crippen LogP contribution in [0.3, 0.4) is 0 Å². The van der Waals surface area contributed by atoms with Gasteiger partial charge >= 0.3 is 0 Å². The van der Waals surface area contributed by atoms with Gasteiger partial charge < -0.3 is 10.4 Å². The van der Waals surface area contributed by atoms with Crippen LogP contribution < -0.4 is 11.3 Å². The van der Waals surface area contributed by atoms with E-state index in [2.05, 4.69) is 20.4 Å². The molecule has 2 aromatic rings. The standard InChI is InChI=1S/C9H11N5/c10-12-6-11-5-9-13-7-3-1-2-4-8(7)14-9/h1-4,6H,5,10H2,(H,11,12)(H,13,14). The zero-order valence-electron chi connectivity index (χ0n) is 7.57. The van der Waals surface area contributed by atoms with E-state index in [0.717, 1.165) is 16.9 Å². The number of benzene rings is 1. The third kappa shape index (κ3) is 1.72. The summed E-state index contributed by atoms with van der Waals surface area (Å²) in [6.07, 6.45) is 1.44. The molecular formula is C9H11N5. The van der Waals surface area contributed by atoms with E-state index in [1.165, 1.54) is 6.34 Å². The van der Waals surface area contributed by atoms with Crippen LogP contribution in [0.15, 0.2) is 29.3 Å². The van der Waals surface area contributed by atoms with Crippen molar-refractivity contribution in [2.24, 2.45) is 10.8 Å². The lowest BCUT2D eigenvalue weighted by Gasteiger charge is -1.87. The summed E-state index contributed by atoms with van der Waals surface area (Å²) in [6, 6.07) is 7.86. The SMILES string of the molecule is NNC=NCc1nc2ccccc2[nH]1. The van der Waals surface area contributed by atoms with Crippen LogP contribution in [0, 0.1) is 0 Å². The van der Waals surface area contributed by atoms with Crippen LogP contribution in [0.4, 0.5) is 0 Å². The van der Waals surface area contributed by atoms with Crippen LogP contribution >= 0.6 is 0 Å². The van der Waals surface area contributed by atoms with Gasteiger partial charge in [-0.15, -0.1) is 0 Å². The third-order valence-electron chi connectivity index (χ3n) is 1.85. The number of aliphatic imine (C=N–C) groups is 1. The van der Waals surface area contributed by atoms with Crippen molar-refractivity contribution in [1.82, 2.24) is 15.4 Å². The second-order valence-corrected chi connectivity index (χ2v) is 2.84. The Morgan fingerprint density at radius 1 is 1.50 bits per heavy atom. The van der Waals surface area contributed by atoms with Crippen molar-refractivity contribution in [2.45, 2.75) is 6.54 Å². The molecule has 72 valence electrons. The van der Waals surface area contributed by atoms with Crippen molar-refractivity contribution in [3.05, 3.63) is 30.1 Å². The quantitative estimate of drug-likeness (QED) is 0.285. The van der Waals surface area contributed by atoms with Crippen molar-refractivity contribution in [1.29, 1.82) is 0 Å². The number of hydrogen-bond donors (Lipinski definition) is 3. The average molecular weight is 189 g/mol. The molecule has 0 fully saturated rings. The number of hydrogen-bond acceptors (Lipinski definition) is 3. The highest BCUT2D eigenvalue weighted by atomic mass is 15.2. The molecule has 4 N–H and O–H groups in total. The molecule has 1 aromatic carbocycles. The molecule has 0 saturated carbocycles. The number of aromatic nitrogens is 2. The molecule has 0 spiro atoms. The first-order valence-electron chi connectivity index (χ1n) is 4.28. The predicted molar refractivity (Wildman–Crippen MR) is 55.6 cm³/mol. The first-order valence-corrected chi connectivity index (χ1v) is 4.28. The molecule has 5 heteroatoms. The van der Waals surface area contributed by atoms with E-state index in [1.807, 2.05) is 24.3 Å². The van der Waals surface area contributed by atoms with Crippen molar-refractivity contribution in [2.75, 3.05) is 0 Å². The number of nitrogens with zero attached hydrogens (tertiary/aromatic N) is 2. The Kier molecular flexibility index (Phi) is 2.42. The van der Waals surface area contributed by atoms with Crippen LogP contribution in [-0.2, 0) is 6.54 Å². The molecular weight excluding hydrogens is 178 g/mol. The summed E-state index contributed by atoms with van der Waals surface area (Å²) in [7, 11) is 0. The lowest BCUT2D eigenvalue weighted by molar-refractivity contribution is 0.940. The number of imidazole rings is 1. The van der Waals surface area contributed by atoms with Crippen LogP contribution in [0.1, 0.15) is 5.82 Å². The molecule has 0 aliphatic carbocycles. The fourth-order valence-electron chi connectivity index (χ4n) is 1.27. The highest BCUT2D eigenvalue weighted by Gasteiger charge is 1.99. The van der Waals surface area contributed by atoms with Gasteiger partial charge in [-0.2, -0.15) is 0 Å². The van der Waals surface area contributed by atoms with Gasteiger partial charge in [0.25, 0.3) is 0 Å². The van der Waals surface area contributed by atoms with E-state index in [1.54, 1.807) is 0 Å². The number of H-pyrrole nitrogens is 1. The average Bonchev–Trinajstić information content (AvgIpc) is 2.60. The molecule has 0 unspecified atom stereocenters. The zero-order valence-corrected chi connectivity index (χ0v) is 7.57. The maximum Gasteiger partial charge on any atom is 0.129 e.